The summed E-state index contributed by atoms with van der Waals surface area (Å²) in [4.78, 5) is 25.0. The summed E-state index contributed by atoms with van der Waals surface area (Å²) in [6.45, 7) is 4.32. The fraction of sp³-hybridized carbons (Fsp3) is 0.467. The van der Waals surface area contributed by atoms with Crippen LogP contribution < -0.4 is 5.32 Å². The molecule has 0 spiro atoms. The van der Waals surface area contributed by atoms with Gasteiger partial charge in [0.15, 0.2) is 0 Å². The number of hydrogen-bond acceptors (Lipinski definition) is 2. The Balaban J connectivity index is 2.12. The zero-order chi connectivity index (χ0) is 14.7. The van der Waals surface area contributed by atoms with Crippen molar-refractivity contribution in [2.24, 2.45) is 0 Å². The van der Waals surface area contributed by atoms with Crippen molar-refractivity contribution in [2.45, 2.75) is 32.7 Å². The number of nitrogens with one attached hydrogen (secondary N) is 1. The molecule has 2 rings (SSSR count). The minimum atomic E-state index is -0.173. The van der Waals surface area contributed by atoms with Crippen molar-refractivity contribution in [3.63, 3.8) is 0 Å². The first-order chi connectivity index (χ1) is 9.49. The van der Waals surface area contributed by atoms with Crippen LogP contribution in [0.15, 0.2) is 22.7 Å². The van der Waals surface area contributed by atoms with Crippen LogP contribution in [0, 0.1) is 6.92 Å². The highest BCUT2D eigenvalue weighted by Crippen LogP contribution is 2.33. The smallest absolute Gasteiger partial charge is 0.242 e. The third kappa shape index (κ3) is 3.39. The van der Waals surface area contributed by atoms with E-state index in [0.29, 0.717) is 0 Å². The number of rotatable bonds is 3. The summed E-state index contributed by atoms with van der Waals surface area (Å²) in [6, 6.07) is 6.34. The largest absolute Gasteiger partial charge is 0.347 e. The Morgan fingerprint density at radius 2 is 2.20 bits per heavy atom. The fourth-order valence-electron chi connectivity index (χ4n) is 2.59. The maximum atomic E-state index is 12.2. The average molecular weight is 339 g/mol. The van der Waals surface area contributed by atoms with E-state index in [1.807, 2.05) is 17.9 Å². The second kappa shape index (κ2) is 6.39. The Labute approximate surface area is 127 Å². The van der Waals surface area contributed by atoms with Gasteiger partial charge in [-0.3, -0.25) is 9.59 Å². The van der Waals surface area contributed by atoms with Crippen LogP contribution in [0.4, 0.5) is 0 Å². The Hall–Kier alpha value is -1.36. The maximum absolute atomic E-state index is 12.2. The third-order valence-electron chi connectivity index (χ3n) is 3.63. The molecular formula is C15H19BrN2O2. The molecule has 1 aromatic rings. The summed E-state index contributed by atoms with van der Waals surface area (Å²) >= 11 is 3.49. The number of carbonyl (C=O) groups excluding carboxylic acids is 2. The summed E-state index contributed by atoms with van der Waals surface area (Å²) in [5.74, 6) is -0.183. The monoisotopic (exact) mass is 338 g/mol. The van der Waals surface area contributed by atoms with Crippen molar-refractivity contribution in [3.8, 4) is 0 Å². The van der Waals surface area contributed by atoms with Gasteiger partial charge in [0.25, 0.3) is 0 Å². The molecular weight excluding hydrogens is 320 g/mol. The molecule has 0 aromatic heterocycles. The summed E-state index contributed by atoms with van der Waals surface area (Å²) in [7, 11) is 0. The number of carbonyl (C=O) groups is 2. The topological polar surface area (TPSA) is 49.4 Å². The number of hydrogen-bond donors (Lipinski definition) is 1. The molecule has 1 heterocycles. The molecule has 1 unspecified atom stereocenters. The average Bonchev–Trinajstić information content (AvgIpc) is 2.88. The first kappa shape index (κ1) is 15.0. The van der Waals surface area contributed by atoms with Crippen LogP contribution in [0.3, 0.4) is 0 Å². The fourth-order valence-corrected chi connectivity index (χ4v) is 2.84. The van der Waals surface area contributed by atoms with E-state index in [1.54, 1.807) is 0 Å². The highest BCUT2D eigenvalue weighted by molar-refractivity contribution is 9.10. The molecule has 1 N–H and O–H groups in total. The van der Waals surface area contributed by atoms with Crippen molar-refractivity contribution in [2.75, 3.05) is 13.1 Å². The molecule has 1 saturated heterocycles. The molecule has 4 nitrogen and oxygen atoms in total. The normalized spacial score (nSPS) is 18.1. The molecule has 1 fully saturated rings. The highest BCUT2D eigenvalue weighted by atomic mass is 79.9. The molecule has 108 valence electrons. The minimum Gasteiger partial charge on any atom is -0.347 e. The van der Waals surface area contributed by atoms with Crippen molar-refractivity contribution >= 4 is 27.7 Å². The number of likely N-dealkylation sites (tertiary alicyclic amines) is 1. The van der Waals surface area contributed by atoms with Gasteiger partial charge in [-0.25, -0.2) is 0 Å². The van der Waals surface area contributed by atoms with Crippen LogP contribution >= 0.6 is 15.9 Å². The van der Waals surface area contributed by atoms with Crippen LogP contribution in [0.5, 0.6) is 0 Å². The molecule has 0 bridgehead atoms. The van der Waals surface area contributed by atoms with Gasteiger partial charge < -0.3 is 10.2 Å². The minimum absolute atomic E-state index is 0.0109. The van der Waals surface area contributed by atoms with Gasteiger partial charge in [-0.15, -0.1) is 0 Å². The van der Waals surface area contributed by atoms with Gasteiger partial charge in [-0.05, 0) is 37.0 Å². The second-order valence-corrected chi connectivity index (χ2v) is 6.02. The Morgan fingerprint density at radius 3 is 2.85 bits per heavy atom. The van der Waals surface area contributed by atoms with Crippen molar-refractivity contribution in [1.82, 2.24) is 10.2 Å². The molecule has 0 saturated carbocycles. The maximum Gasteiger partial charge on any atom is 0.242 e. The van der Waals surface area contributed by atoms with Gasteiger partial charge >= 0.3 is 0 Å². The van der Waals surface area contributed by atoms with E-state index >= 15 is 0 Å². The molecule has 1 aliphatic rings. The van der Waals surface area contributed by atoms with Gasteiger partial charge in [0.1, 0.15) is 0 Å². The number of nitrogens with zero attached hydrogens (tertiary/aromatic N) is 1. The predicted octanol–water partition coefficient (Wildman–Crippen LogP) is 2.56. The number of halogens is 1. The molecule has 2 amide bonds. The SMILES string of the molecule is CC(=O)NCC(=O)N1CCCC1c1ccc(Br)c(C)c1. The van der Waals surface area contributed by atoms with Crippen molar-refractivity contribution in [1.29, 1.82) is 0 Å². The van der Waals surface area contributed by atoms with Gasteiger partial charge in [0.2, 0.25) is 11.8 Å². The second-order valence-electron chi connectivity index (χ2n) is 5.16. The van der Waals surface area contributed by atoms with Crippen LogP contribution in [0.25, 0.3) is 0 Å². The first-order valence-corrected chi connectivity index (χ1v) is 7.58. The number of amides is 2. The van der Waals surface area contributed by atoms with Crippen molar-refractivity contribution < 1.29 is 9.59 Å². The standard InChI is InChI=1S/C15H19BrN2O2/c1-10-8-12(5-6-13(10)16)14-4-3-7-18(14)15(20)9-17-11(2)19/h5-6,8,14H,3-4,7,9H2,1-2H3,(H,17,19). The Bertz CT molecular complexity index is 531. The number of aryl methyl sites for hydroxylation is 1. The van der Waals surface area contributed by atoms with E-state index in [0.717, 1.165) is 23.9 Å². The lowest BCUT2D eigenvalue weighted by molar-refractivity contribution is -0.133. The van der Waals surface area contributed by atoms with Crippen molar-refractivity contribution in [3.05, 3.63) is 33.8 Å². The van der Waals surface area contributed by atoms with E-state index < -0.39 is 0 Å². The Morgan fingerprint density at radius 1 is 1.45 bits per heavy atom. The van der Waals surface area contributed by atoms with Gasteiger partial charge in [-0.1, -0.05) is 28.1 Å². The van der Waals surface area contributed by atoms with Crippen LogP contribution in [0.1, 0.15) is 36.9 Å². The molecule has 0 radical (unpaired) electrons. The van der Waals surface area contributed by atoms with E-state index in [1.165, 1.54) is 18.1 Å². The summed E-state index contributed by atoms with van der Waals surface area (Å²) in [5.41, 5.74) is 2.34. The lowest BCUT2D eigenvalue weighted by Crippen LogP contribution is -2.39. The molecule has 0 aliphatic carbocycles. The van der Waals surface area contributed by atoms with Crippen LogP contribution in [-0.4, -0.2) is 29.8 Å². The van der Waals surface area contributed by atoms with E-state index in [4.69, 9.17) is 0 Å². The quantitative estimate of drug-likeness (QED) is 0.920. The van der Waals surface area contributed by atoms with Gasteiger partial charge in [-0.2, -0.15) is 0 Å². The van der Waals surface area contributed by atoms with Crippen LogP contribution in [-0.2, 0) is 9.59 Å². The van der Waals surface area contributed by atoms with Crippen LogP contribution in [0.2, 0.25) is 0 Å². The summed E-state index contributed by atoms with van der Waals surface area (Å²) in [6.07, 6.45) is 1.98. The summed E-state index contributed by atoms with van der Waals surface area (Å²) < 4.78 is 1.08. The lowest BCUT2D eigenvalue weighted by Gasteiger charge is -2.25. The number of benzene rings is 1. The summed E-state index contributed by atoms with van der Waals surface area (Å²) in [5, 5.41) is 2.58. The molecule has 1 atom stereocenters. The van der Waals surface area contributed by atoms with Gasteiger partial charge in [0, 0.05) is 17.9 Å². The van der Waals surface area contributed by atoms with E-state index in [-0.39, 0.29) is 24.4 Å². The predicted molar refractivity (Wildman–Crippen MR) is 81.3 cm³/mol. The molecule has 1 aliphatic heterocycles. The molecule has 1 aromatic carbocycles. The van der Waals surface area contributed by atoms with Gasteiger partial charge in [0.05, 0.1) is 12.6 Å². The zero-order valence-electron chi connectivity index (χ0n) is 11.8. The first-order valence-electron chi connectivity index (χ1n) is 6.79. The third-order valence-corrected chi connectivity index (χ3v) is 4.52. The Kier molecular flexibility index (Phi) is 4.81. The van der Waals surface area contributed by atoms with E-state index in [2.05, 4.69) is 33.4 Å². The molecule has 5 heteroatoms. The molecule has 20 heavy (non-hydrogen) atoms. The van der Waals surface area contributed by atoms with E-state index in [9.17, 15) is 9.59 Å². The lowest BCUT2D eigenvalue weighted by atomic mass is 10.0. The zero-order valence-corrected chi connectivity index (χ0v) is 13.4. The highest BCUT2D eigenvalue weighted by Gasteiger charge is 2.29.